The van der Waals surface area contributed by atoms with Crippen LogP contribution >= 0.6 is 0 Å². The van der Waals surface area contributed by atoms with Crippen molar-refractivity contribution in [2.75, 3.05) is 18.5 Å². The highest BCUT2D eigenvalue weighted by atomic mass is 16.5. The summed E-state index contributed by atoms with van der Waals surface area (Å²) in [6.45, 7) is 2.63. The lowest BCUT2D eigenvalue weighted by atomic mass is 9.93. The Morgan fingerprint density at radius 2 is 1.83 bits per heavy atom. The molecule has 1 aliphatic rings. The van der Waals surface area contributed by atoms with Crippen molar-refractivity contribution in [3.63, 3.8) is 0 Å². The van der Waals surface area contributed by atoms with E-state index in [4.69, 9.17) is 10.5 Å². The highest BCUT2D eigenvalue weighted by molar-refractivity contribution is 5.93. The van der Waals surface area contributed by atoms with Gasteiger partial charge in [-0.15, -0.1) is 0 Å². The third kappa shape index (κ3) is 5.55. The molecule has 1 heterocycles. The average Bonchev–Trinajstić information content (AvgIpc) is 2.73. The molecule has 0 saturated heterocycles. The minimum Gasteiger partial charge on any atom is -0.463 e. The molecule has 0 aliphatic carbocycles. The molecule has 0 fully saturated rings. The smallest absolute Gasteiger partial charge is 0.330 e. The number of primary amides is 1. The van der Waals surface area contributed by atoms with Gasteiger partial charge >= 0.3 is 5.97 Å². The number of benzene rings is 2. The maximum atomic E-state index is 12.6. The van der Waals surface area contributed by atoms with E-state index in [-0.39, 0.29) is 12.5 Å². The number of hydrogen-bond acceptors (Lipinski definition) is 5. The molecule has 1 aliphatic heterocycles. The number of esters is 1. The van der Waals surface area contributed by atoms with Crippen LogP contribution in [0.25, 0.3) is 6.08 Å². The van der Waals surface area contributed by atoms with Gasteiger partial charge in [-0.2, -0.15) is 0 Å². The lowest BCUT2D eigenvalue weighted by Crippen LogP contribution is -2.50. The average molecular weight is 407 g/mol. The van der Waals surface area contributed by atoms with E-state index in [1.807, 2.05) is 24.3 Å². The van der Waals surface area contributed by atoms with Gasteiger partial charge in [-0.3, -0.25) is 14.5 Å². The van der Waals surface area contributed by atoms with Gasteiger partial charge in [0.2, 0.25) is 11.8 Å². The normalized spacial score (nSPS) is 16.1. The van der Waals surface area contributed by atoms with Gasteiger partial charge in [-0.25, -0.2) is 4.79 Å². The van der Waals surface area contributed by atoms with Gasteiger partial charge in [0.05, 0.1) is 19.2 Å². The molecular formula is C23H25N3O4. The van der Waals surface area contributed by atoms with E-state index in [0.717, 1.165) is 16.7 Å². The fourth-order valence-corrected chi connectivity index (χ4v) is 3.44. The van der Waals surface area contributed by atoms with Crippen LogP contribution in [0.1, 0.15) is 23.6 Å². The maximum absolute atomic E-state index is 12.6. The molecule has 2 aromatic carbocycles. The lowest BCUT2D eigenvalue weighted by molar-refractivity contribution is -0.137. The fraction of sp³-hybridized carbons (Fsp3) is 0.261. The highest BCUT2D eigenvalue weighted by Crippen LogP contribution is 2.23. The van der Waals surface area contributed by atoms with Crippen molar-refractivity contribution in [3.8, 4) is 0 Å². The zero-order chi connectivity index (χ0) is 21.5. The van der Waals surface area contributed by atoms with Crippen molar-refractivity contribution in [1.29, 1.82) is 0 Å². The predicted octanol–water partition coefficient (Wildman–Crippen LogP) is 2.11. The number of nitrogens with one attached hydrogen (secondary N) is 1. The maximum Gasteiger partial charge on any atom is 0.330 e. The molecule has 30 heavy (non-hydrogen) atoms. The number of nitrogens with two attached hydrogens (primary N) is 1. The number of fused-ring (bicyclic) bond motifs is 1. The molecule has 2 amide bonds. The van der Waals surface area contributed by atoms with Crippen LogP contribution in [0.3, 0.4) is 0 Å². The van der Waals surface area contributed by atoms with E-state index in [1.54, 1.807) is 42.2 Å². The van der Waals surface area contributed by atoms with Crippen LogP contribution in [0.5, 0.6) is 0 Å². The Hall–Kier alpha value is -3.45. The monoisotopic (exact) mass is 407 g/mol. The number of carbonyl (C=O) groups is 3. The van der Waals surface area contributed by atoms with Crippen LogP contribution in [0.15, 0.2) is 54.6 Å². The van der Waals surface area contributed by atoms with Gasteiger partial charge in [-0.1, -0.05) is 36.4 Å². The van der Waals surface area contributed by atoms with Gasteiger partial charge < -0.3 is 15.8 Å². The summed E-state index contributed by atoms with van der Waals surface area (Å²) < 4.78 is 4.84. The molecule has 156 valence electrons. The van der Waals surface area contributed by atoms with E-state index in [2.05, 4.69) is 5.32 Å². The highest BCUT2D eigenvalue weighted by Gasteiger charge is 2.31. The Morgan fingerprint density at radius 1 is 1.13 bits per heavy atom. The zero-order valence-electron chi connectivity index (χ0n) is 16.8. The molecule has 0 unspecified atom stereocenters. The van der Waals surface area contributed by atoms with Crippen molar-refractivity contribution in [2.24, 2.45) is 5.73 Å². The summed E-state index contributed by atoms with van der Waals surface area (Å²) in [5, 5.41) is 2.84. The van der Waals surface area contributed by atoms with E-state index in [0.29, 0.717) is 25.3 Å². The minimum atomic E-state index is -0.513. The molecule has 3 rings (SSSR count). The molecule has 0 aromatic heterocycles. The van der Waals surface area contributed by atoms with Crippen molar-refractivity contribution in [2.45, 2.75) is 25.9 Å². The third-order valence-electron chi connectivity index (χ3n) is 4.91. The van der Waals surface area contributed by atoms with Gasteiger partial charge in [0.15, 0.2) is 0 Å². The number of carbonyl (C=O) groups excluding carboxylic acids is 3. The molecule has 3 N–H and O–H groups in total. The quantitative estimate of drug-likeness (QED) is 0.541. The topological polar surface area (TPSA) is 102 Å². The Balaban J connectivity index is 1.60. The molecular weight excluding hydrogens is 382 g/mol. The summed E-state index contributed by atoms with van der Waals surface area (Å²) in [5.41, 5.74) is 9.20. The Morgan fingerprint density at radius 3 is 2.50 bits per heavy atom. The summed E-state index contributed by atoms with van der Waals surface area (Å²) in [5.74, 6) is -1.06. The summed E-state index contributed by atoms with van der Waals surface area (Å²) >= 11 is 0. The zero-order valence-corrected chi connectivity index (χ0v) is 16.8. The Kier molecular flexibility index (Phi) is 6.98. The molecule has 0 spiro atoms. The van der Waals surface area contributed by atoms with Gasteiger partial charge in [0.25, 0.3) is 0 Å². The van der Waals surface area contributed by atoms with Crippen molar-refractivity contribution in [1.82, 2.24) is 4.90 Å². The van der Waals surface area contributed by atoms with Crippen LogP contribution in [0.2, 0.25) is 0 Å². The molecule has 1 atom stereocenters. The van der Waals surface area contributed by atoms with E-state index >= 15 is 0 Å². The van der Waals surface area contributed by atoms with E-state index in [1.165, 1.54) is 6.08 Å². The van der Waals surface area contributed by atoms with Crippen molar-refractivity contribution >= 4 is 29.5 Å². The molecule has 0 saturated carbocycles. The second-order valence-corrected chi connectivity index (χ2v) is 7.05. The predicted molar refractivity (Wildman–Crippen MR) is 114 cm³/mol. The largest absolute Gasteiger partial charge is 0.463 e. The van der Waals surface area contributed by atoms with Crippen molar-refractivity contribution in [3.05, 3.63) is 71.3 Å². The van der Waals surface area contributed by atoms with Crippen LogP contribution in [-0.4, -0.2) is 41.9 Å². The first-order valence-electron chi connectivity index (χ1n) is 9.81. The Bertz CT molecular complexity index is 953. The van der Waals surface area contributed by atoms with Crippen LogP contribution in [-0.2, 0) is 32.1 Å². The molecule has 7 heteroatoms. The molecule has 0 bridgehead atoms. The van der Waals surface area contributed by atoms with Gasteiger partial charge in [0, 0.05) is 18.3 Å². The second kappa shape index (κ2) is 9.84. The van der Waals surface area contributed by atoms with Crippen LogP contribution in [0.4, 0.5) is 5.69 Å². The molecule has 0 radical (unpaired) electrons. The summed E-state index contributed by atoms with van der Waals surface area (Å²) in [4.78, 5) is 37.6. The van der Waals surface area contributed by atoms with E-state index < -0.39 is 17.9 Å². The molecule has 2 aromatic rings. The number of amides is 2. The standard InChI is InChI=1S/C23H25N3O4/c1-2-30-22(28)12-9-16-7-10-19(11-8-16)25-21(27)15-26-14-18-6-4-3-5-17(18)13-20(26)23(24)29/h3-12,20H,2,13-15H2,1H3,(H2,24,29)(H,25,27)/b12-9-/t20-/m0/s1. The second-order valence-electron chi connectivity index (χ2n) is 7.05. The first kappa shape index (κ1) is 21.3. The van der Waals surface area contributed by atoms with Gasteiger partial charge in [-0.05, 0) is 48.2 Å². The van der Waals surface area contributed by atoms with Gasteiger partial charge in [0.1, 0.15) is 0 Å². The molecule has 7 nitrogen and oxygen atoms in total. The number of rotatable bonds is 7. The SMILES string of the molecule is CCOC(=O)/C=C\c1ccc(NC(=O)CN2Cc3ccccc3C[C@H]2C(N)=O)cc1. The first-order valence-corrected chi connectivity index (χ1v) is 9.81. The van der Waals surface area contributed by atoms with Crippen LogP contribution < -0.4 is 11.1 Å². The third-order valence-corrected chi connectivity index (χ3v) is 4.91. The fourth-order valence-electron chi connectivity index (χ4n) is 3.44. The summed E-state index contributed by atoms with van der Waals surface area (Å²) in [6.07, 6.45) is 3.50. The summed E-state index contributed by atoms with van der Waals surface area (Å²) in [7, 11) is 0. The Labute approximate surface area is 175 Å². The number of ether oxygens (including phenoxy) is 1. The minimum absolute atomic E-state index is 0.0620. The van der Waals surface area contributed by atoms with Crippen LogP contribution in [0, 0.1) is 0 Å². The van der Waals surface area contributed by atoms with E-state index in [9.17, 15) is 14.4 Å². The number of nitrogens with zero attached hydrogens (tertiary/aromatic N) is 1. The summed E-state index contributed by atoms with van der Waals surface area (Å²) in [6, 6.07) is 14.4. The number of anilines is 1. The number of hydrogen-bond donors (Lipinski definition) is 2. The first-order chi connectivity index (χ1) is 14.5. The lowest BCUT2D eigenvalue weighted by Gasteiger charge is -2.34. The van der Waals surface area contributed by atoms with Crippen molar-refractivity contribution < 1.29 is 19.1 Å².